The Bertz CT molecular complexity index is 778. The first-order valence-corrected chi connectivity index (χ1v) is 7.87. The van der Waals surface area contributed by atoms with Crippen molar-refractivity contribution in [2.24, 2.45) is 0 Å². The minimum atomic E-state index is -0.353. The van der Waals surface area contributed by atoms with E-state index in [2.05, 4.69) is 10.6 Å². The van der Waals surface area contributed by atoms with Gasteiger partial charge in [0.1, 0.15) is 5.75 Å². The molecule has 2 aromatic carbocycles. The van der Waals surface area contributed by atoms with Gasteiger partial charge in [-0.2, -0.15) is 0 Å². The van der Waals surface area contributed by atoms with E-state index in [0.717, 1.165) is 5.56 Å². The summed E-state index contributed by atoms with van der Waals surface area (Å²) in [6, 6.07) is 10.0. The summed E-state index contributed by atoms with van der Waals surface area (Å²) in [6.07, 6.45) is 0. The van der Waals surface area contributed by atoms with Gasteiger partial charge in [0.15, 0.2) is 6.61 Å². The number of rotatable bonds is 5. The minimum absolute atomic E-state index is 0.180. The molecule has 5 nitrogen and oxygen atoms in total. The lowest BCUT2D eigenvalue weighted by atomic mass is 10.1. The number of amides is 2. The van der Waals surface area contributed by atoms with Gasteiger partial charge in [0.2, 0.25) is 5.91 Å². The van der Waals surface area contributed by atoms with Gasteiger partial charge < -0.3 is 15.4 Å². The molecule has 0 spiro atoms. The third kappa shape index (κ3) is 4.88. The zero-order valence-corrected chi connectivity index (χ0v) is 14.7. The third-order valence-corrected chi connectivity index (χ3v) is 3.72. The van der Waals surface area contributed by atoms with Crippen LogP contribution in [-0.2, 0) is 9.59 Å². The highest BCUT2D eigenvalue weighted by Crippen LogP contribution is 2.28. The molecule has 2 amide bonds. The van der Waals surface area contributed by atoms with Gasteiger partial charge in [-0.1, -0.05) is 29.3 Å². The summed E-state index contributed by atoms with van der Waals surface area (Å²) in [6.45, 7) is 3.01. The van der Waals surface area contributed by atoms with Crippen molar-refractivity contribution in [1.29, 1.82) is 0 Å². The molecule has 0 aliphatic rings. The number of anilines is 2. The van der Waals surface area contributed by atoms with Crippen LogP contribution in [0.15, 0.2) is 36.4 Å². The lowest BCUT2D eigenvalue weighted by Crippen LogP contribution is -2.21. The molecule has 0 saturated carbocycles. The molecule has 0 unspecified atom stereocenters. The molecule has 7 heteroatoms. The zero-order chi connectivity index (χ0) is 17.7. The topological polar surface area (TPSA) is 67.4 Å². The quantitative estimate of drug-likeness (QED) is 0.829. The van der Waals surface area contributed by atoms with E-state index in [1.165, 1.54) is 6.92 Å². The smallest absolute Gasteiger partial charge is 0.262 e. The maximum absolute atomic E-state index is 12.1. The molecule has 0 aliphatic heterocycles. The molecular weight excluding hydrogens is 351 g/mol. The number of hydrogen-bond donors (Lipinski definition) is 2. The van der Waals surface area contributed by atoms with Gasteiger partial charge in [0.05, 0.1) is 5.02 Å². The van der Waals surface area contributed by atoms with Crippen molar-refractivity contribution < 1.29 is 14.3 Å². The molecule has 2 N–H and O–H groups in total. The fourth-order valence-corrected chi connectivity index (χ4v) is 2.35. The number of nitrogens with one attached hydrogen (secondary N) is 2. The first kappa shape index (κ1) is 18.1. The van der Waals surface area contributed by atoms with Gasteiger partial charge in [-0.05, 0) is 36.8 Å². The summed E-state index contributed by atoms with van der Waals surface area (Å²) in [5.41, 5.74) is 1.98. The Kier molecular flexibility index (Phi) is 6.06. The molecule has 0 aliphatic carbocycles. The maximum Gasteiger partial charge on any atom is 0.262 e. The highest BCUT2D eigenvalue weighted by atomic mass is 35.5. The molecule has 126 valence electrons. The molecule has 0 aromatic heterocycles. The van der Waals surface area contributed by atoms with Gasteiger partial charge in [0, 0.05) is 29.4 Å². The van der Waals surface area contributed by atoms with Crippen molar-refractivity contribution in [3.8, 4) is 5.75 Å². The number of carbonyl (C=O) groups is 2. The van der Waals surface area contributed by atoms with Gasteiger partial charge in [0.25, 0.3) is 5.91 Å². The number of hydrogen-bond acceptors (Lipinski definition) is 3. The van der Waals surface area contributed by atoms with Gasteiger partial charge >= 0.3 is 0 Å². The Morgan fingerprint density at radius 1 is 1.08 bits per heavy atom. The summed E-state index contributed by atoms with van der Waals surface area (Å²) in [7, 11) is 0. The first-order valence-electron chi connectivity index (χ1n) is 7.11. The summed E-state index contributed by atoms with van der Waals surface area (Å²) in [5, 5.41) is 6.28. The Hall–Kier alpha value is -2.24. The monoisotopic (exact) mass is 366 g/mol. The van der Waals surface area contributed by atoms with Gasteiger partial charge in [-0.25, -0.2) is 0 Å². The zero-order valence-electron chi connectivity index (χ0n) is 13.2. The average molecular weight is 367 g/mol. The van der Waals surface area contributed by atoms with Crippen molar-refractivity contribution in [2.75, 3.05) is 17.2 Å². The summed E-state index contributed by atoms with van der Waals surface area (Å²) >= 11 is 11.8. The van der Waals surface area contributed by atoms with Crippen LogP contribution in [0, 0.1) is 6.92 Å². The molecule has 0 radical (unpaired) electrons. The van der Waals surface area contributed by atoms with Gasteiger partial charge in [-0.15, -0.1) is 0 Å². The second-order valence-electron chi connectivity index (χ2n) is 5.07. The van der Waals surface area contributed by atoms with E-state index in [-0.39, 0.29) is 18.4 Å². The van der Waals surface area contributed by atoms with E-state index in [1.807, 2.05) is 0 Å². The Morgan fingerprint density at radius 2 is 1.75 bits per heavy atom. The average Bonchev–Trinajstić information content (AvgIpc) is 2.52. The van der Waals surface area contributed by atoms with E-state index in [9.17, 15) is 9.59 Å². The molecule has 2 rings (SSSR count). The number of halogens is 2. The van der Waals surface area contributed by atoms with Crippen molar-refractivity contribution in [2.45, 2.75) is 13.8 Å². The van der Waals surface area contributed by atoms with E-state index in [1.54, 1.807) is 43.3 Å². The van der Waals surface area contributed by atoms with E-state index in [4.69, 9.17) is 27.9 Å². The van der Waals surface area contributed by atoms with Crippen molar-refractivity contribution in [1.82, 2.24) is 0 Å². The Balaban J connectivity index is 2.02. The van der Waals surface area contributed by atoms with Crippen LogP contribution < -0.4 is 15.4 Å². The van der Waals surface area contributed by atoms with Crippen LogP contribution in [0.4, 0.5) is 11.4 Å². The predicted molar refractivity (Wildman–Crippen MR) is 96.1 cm³/mol. The van der Waals surface area contributed by atoms with Crippen LogP contribution in [0.3, 0.4) is 0 Å². The van der Waals surface area contributed by atoms with Crippen LogP contribution in [0.1, 0.15) is 12.5 Å². The molecular formula is C17H16Cl2N2O3. The second kappa shape index (κ2) is 8.04. The standard InChI is InChI=1S/C17H16Cl2N2O3/c1-10-14(20-11(2)22)4-3-5-15(10)21-17(23)9-24-16-8-12(18)6-7-13(16)19/h3-8H,9H2,1-2H3,(H,20,22)(H,21,23). The number of carbonyl (C=O) groups excluding carboxylic acids is 2. The first-order chi connectivity index (χ1) is 11.4. The highest BCUT2D eigenvalue weighted by Gasteiger charge is 2.10. The largest absolute Gasteiger partial charge is 0.482 e. The lowest BCUT2D eigenvalue weighted by molar-refractivity contribution is -0.118. The fraction of sp³-hybridized carbons (Fsp3) is 0.176. The van der Waals surface area contributed by atoms with Crippen molar-refractivity contribution in [3.05, 3.63) is 52.0 Å². The van der Waals surface area contributed by atoms with E-state index in [0.29, 0.717) is 27.2 Å². The Labute approximate surface area is 149 Å². The molecule has 0 atom stereocenters. The normalized spacial score (nSPS) is 10.2. The van der Waals surface area contributed by atoms with Crippen LogP contribution in [0.2, 0.25) is 10.0 Å². The molecule has 2 aromatic rings. The molecule has 0 heterocycles. The van der Waals surface area contributed by atoms with Crippen LogP contribution in [-0.4, -0.2) is 18.4 Å². The number of benzene rings is 2. The van der Waals surface area contributed by atoms with Crippen LogP contribution in [0.5, 0.6) is 5.75 Å². The summed E-state index contributed by atoms with van der Waals surface area (Å²) in [5.74, 6) is -0.197. The highest BCUT2D eigenvalue weighted by molar-refractivity contribution is 6.34. The second-order valence-corrected chi connectivity index (χ2v) is 5.91. The van der Waals surface area contributed by atoms with Crippen molar-refractivity contribution in [3.63, 3.8) is 0 Å². The SMILES string of the molecule is CC(=O)Nc1cccc(NC(=O)COc2cc(Cl)ccc2Cl)c1C. The van der Waals surface area contributed by atoms with E-state index >= 15 is 0 Å². The Morgan fingerprint density at radius 3 is 2.42 bits per heavy atom. The minimum Gasteiger partial charge on any atom is -0.482 e. The number of ether oxygens (including phenoxy) is 1. The lowest BCUT2D eigenvalue weighted by Gasteiger charge is -2.13. The van der Waals surface area contributed by atoms with Crippen LogP contribution in [0.25, 0.3) is 0 Å². The van der Waals surface area contributed by atoms with Crippen molar-refractivity contribution >= 4 is 46.4 Å². The third-order valence-electron chi connectivity index (χ3n) is 3.17. The molecule has 0 fully saturated rings. The molecule has 0 bridgehead atoms. The molecule has 24 heavy (non-hydrogen) atoms. The molecule has 0 saturated heterocycles. The maximum atomic E-state index is 12.1. The van der Waals surface area contributed by atoms with Gasteiger partial charge in [-0.3, -0.25) is 9.59 Å². The van der Waals surface area contributed by atoms with Crippen LogP contribution >= 0.6 is 23.2 Å². The summed E-state index contributed by atoms with van der Waals surface area (Å²) < 4.78 is 5.39. The summed E-state index contributed by atoms with van der Waals surface area (Å²) in [4.78, 5) is 23.2. The predicted octanol–water partition coefficient (Wildman–Crippen LogP) is 4.28. The van der Waals surface area contributed by atoms with E-state index < -0.39 is 0 Å². The fourth-order valence-electron chi connectivity index (χ4n) is 2.01.